The zero-order chi connectivity index (χ0) is 97.9. The minimum Gasteiger partial charge on any atom is -0.494 e. The Morgan fingerprint density at radius 2 is 0.604 bits per heavy atom. The van der Waals surface area contributed by atoms with Crippen LogP contribution in [0.1, 0.15) is 23.1 Å². The van der Waals surface area contributed by atoms with Crippen LogP contribution in [0.15, 0.2) is 245 Å². The lowest BCUT2D eigenvalue weighted by Gasteiger charge is -2.29. The third kappa shape index (κ3) is 29.6. The van der Waals surface area contributed by atoms with Crippen molar-refractivity contribution >= 4 is 173 Å². The predicted molar refractivity (Wildman–Crippen MR) is 543 cm³/mol. The van der Waals surface area contributed by atoms with Crippen LogP contribution in [0.2, 0.25) is 5.02 Å². The smallest absolute Gasteiger partial charge is 0.387 e. The molecule has 12 N–H and O–H groups in total. The highest BCUT2D eigenvalue weighted by molar-refractivity contribution is 6.33. The van der Waals surface area contributed by atoms with Gasteiger partial charge < -0.3 is 121 Å². The molecule has 12 aromatic rings. The topological polar surface area (TPSA) is 403 Å². The molecule has 722 valence electrons. The number of morpholine rings is 3. The van der Waals surface area contributed by atoms with Crippen molar-refractivity contribution in [2.24, 2.45) is 0 Å². The van der Waals surface area contributed by atoms with Crippen molar-refractivity contribution in [2.75, 3.05) is 210 Å². The van der Waals surface area contributed by atoms with E-state index < -0.39 is 6.61 Å². The van der Waals surface area contributed by atoms with Crippen LogP contribution in [0.25, 0.3) is 0 Å². The number of aryl methyl sites for hydroxylation is 3. The summed E-state index contributed by atoms with van der Waals surface area (Å²) < 4.78 is 69.8. The molecule has 4 aliphatic rings. The molecular formula is C100H109ClF2N24O12. The summed E-state index contributed by atoms with van der Waals surface area (Å²) in [5, 5.41) is 36.9. The van der Waals surface area contributed by atoms with Crippen molar-refractivity contribution in [3.63, 3.8) is 0 Å². The number of alkyl halides is 2. The van der Waals surface area contributed by atoms with Crippen LogP contribution >= 0.6 is 11.6 Å². The van der Waals surface area contributed by atoms with Crippen molar-refractivity contribution in [3.8, 4) is 23.0 Å². The monoisotopic (exact) mass is 1910 g/mol. The molecule has 0 aliphatic carbocycles. The maximum absolute atomic E-state index is 13.2. The Labute approximate surface area is 808 Å². The van der Waals surface area contributed by atoms with E-state index in [1.54, 1.807) is 101 Å². The van der Waals surface area contributed by atoms with E-state index in [1.165, 1.54) is 30.5 Å². The van der Waals surface area contributed by atoms with Gasteiger partial charge in [0.25, 0.3) is 0 Å². The molecule has 0 bridgehead atoms. The van der Waals surface area contributed by atoms with Gasteiger partial charge in [-0.1, -0.05) is 62.2 Å². The summed E-state index contributed by atoms with van der Waals surface area (Å²) in [5.74, 6) is 4.52. The Morgan fingerprint density at radius 1 is 0.345 bits per heavy atom. The molecule has 139 heavy (non-hydrogen) atoms. The van der Waals surface area contributed by atoms with E-state index in [-0.39, 0.29) is 35.3 Å². The number of halogens is 3. The number of nitrogens with one attached hydrogen (secondary N) is 12. The van der Waals surface area contributed by atoms with E-state index in [1.807, 2.05) is 129 Å². The van der Waals surface area contributed by atoms with Crippen LogP contribution in [0, 0.1) is 20.8 Å². The van der Waals surface area contributed by atoms with E-state index >= 15 is 0 Å². The van der Waals surface area contributed by atoms with E-state index in [0.29, 0.717) is 143 Å². The number of hydrogen-bond donors (Lipinski definition) is 12. The minimum absolute atomic E-state index is 0.0154. The first kappa shape index (κ1) is 100. The van der Waals surface area contributed by atoms with Gasteiger partial charge in [0.15, 0.2) is 11.6 Å². The van der Waals surface area contributed by atoms with Crippen LogP contribution in [-0.2, 0) is 38.1 Å². The molecule has 4 aromatic heterocycles. The van der Waals surface area contributed by atoms with Crippen LogP contribution in [-0.4, -0.2) is 197 Å². The lowest BCUT2D eigenvalue weighted by Crippen LogP contribution is -2.36. The highest BCUT2D eigenvalue weighted by atomic mass is 35.5. The minimum atomic E-state index is -2.99. The SMILES string of the molecule is C=CC(=O)Nc1cccc(Nc2nc(Nc3ccc(N4CCCOCC4)cc3OC)ncc2C)c1.C=CC(=O)Nc1cccc(Nc2nc(Nc3ccc(N4CCOCC4)cc3OC(F)F)ncc2C)c1.C=CC(=O)Nc1cccc(Nc2nc(Nc3ccc(N4CCOCC4)cc3OC)ncc2C)c1.C=CC(=O)Nc1cccc(Nc2nc(Nc3ccc(N4CCOCC4)cc3OC)ncc2Cl)c1. The number of carbonyl (C=O) groups excluding carboxylic acids is 4. The number of nitrogens with zero attached hydrogens (tertiary/aromatic N) is 12. The Bertz CT molecular complexity index is 6100. The Morgan fingerprint density at radius 3 is 0.899 bits per heavy atom. The summed E-state index contributed by atoms with van der Waals surface area (Å²) in [6, 6.07) is 52.0. The Balaban J connectivity index is 0.000000156. The van der Waals surface area contributed by atoms with Crippen LogP contribution in [0.5, 0.6) is 23.0 Å². The van der Waals surface area contributed by atoms with Gasteiger partial charge in [0.1, 0.15) is 39.7 Å². The fourth-order valence-corrected chi connectivity index (χ4v) is 14.5. The van der Waals surface area contributed by atoms with Crippen LogP contribution in [0.3, 0.4) is 0 Å². The highest BCUT2D eigenvalue weighted by Crippen LogP contribution is 2.40. The lowest BCUT2D eigenvalue weighted by atomic mass is 10.2. The molecule has 39 heteroatoms. The van der Waals surface area contributed by atoms with Gasteiger partial charge >= 0.3 is 6.61 Å². The Kier molecular flexibility index (Phi) is 36.3. The normalized spacial score (nSPS) is 13.3. The van der Waals surface area contributed by atoms with Crippen molar-refractivity contribution in [3.05, 3.63) is 267 Å². The van der Waals surface area contributed by atoms with Crippen molar-refractivity contribution in [2.45, 2.75) is 33.8 Å². The molecular weight excluding hydrogens is 1800 g/mol. The molecule has 8 aromatic carbocycles. The number of aromatic nitrogens is 8. The van der Waals surface area contributed by atoms with Crippen molar-refractivity contribution in [1.82, 2.24) is 39.9 Å². The maximum Gasteiger partial charge on any atom is 0.387 e. The Hall–Kier alpha value is -16.3. The van der Waals surface area contributed by atoms with Gasteiger partial charge in [-0.3, -0.25) is 19.2 Å². The fraction of sp³-hybridized carbons (Fsp3) is 0.240. The van der Waals surface area contributed by atoms with E-state index in [0.717, 1.165) is 140 Å². The summed E-state index contributed by atoms with van der Waals surface area (Å²) in [4.78, 5) is 90.9. The average molecular weight is 1910 g/mol. The number of anilines is 24. The lowest BCUT2D eigenvalue weighted by molar-refractivity contribution is -0.112. The number of carbonyl (C=O) groups is 4. The number of hydrogen-bond acceptors (Lipinski definition) is 32. The molecule has 4 saturated heterocycles. The number of benzene rings is 8. The van der Waals surface area contributed by atoms with Crippen molar-refractivity contribution in [1.29, 1.82) is 0 Å². The maximum atomic E-state index is 13.2. The molecule has 0 atom stereocenters. The van der Waals surface area contributed by atoms with Gasteiger partial charge in [0, 0.05) is 187 Å². The predicted octanol–water partition coefficient (Wildman–Crippen LogP) is 18.3. The first-order valence-corrected chi connectivity index (χ1v) is 44.7. The molecule has 0 unspecified atom stereocenters. The van der Waals surface area contributed by atoms with Gasteiger partial charge in [0.2, 0.25) is 47.4 Å². The molecule has 0 radical (unpaired) electrons. The molecule has 0 saturated carbocycles. The molecule has 16 rings (SSSR count). The third-order valence-electron chi connectivity index (χ3n) is 21.4. The molecule has 4 fully saturated rings. The van der Waals surface area contributed by atoms with E-state index in [4.69, 9.17) is 49.5 Å². The van der Waals surface area contributed by atoms with E-state index in [2.05, 4.69) is 151 Å². The summed E-state index contributed by atoms with van der Waals surface area (Å²) in [6.45, 7) is 28.6. The van der Waals surface area contributed by atoms with Crippen molar-refractivity contribution < 1.29 is 65.9 Å². The second kappa shape index (κ2) is 50.3. The van der Waals surface area contributed by atoms with Gasteiger partial charge in [-0.25, -0.2) is 19.9 Å². The fourth-order valence-electron chi connectivity index (χ4n) is 14.3. The van der Waals surface area contributed by atoms with Crippen LogP contribution in [0.4, 0.5) is 147 Å². The molecule has 8 heterocycles. The molecule has 0 spiro atoms. The summed E-state index contributed by atoms with van der Waals surface area (Å²) in [6.07, 6.45) is 12.5. The molecule has 36 nitrogen and oxygen atoms in total. The van der Waals surface area contributed by atoms with Gasteiger partial charge in [-0.2, -0.15) is 28.7 Å². The number of ether oxygens (including phenoxy) is 8. The number of amides is 4. The zero-order valence-electron chi connectivity index (χ0n) is 77.6. The van der Waals surface area contributed by atoms with Gasteiger partial charge in [-0.15, -0.1) is 0 Å². The summed E-state index contributed by atoms with van der Waals surface area (Å²) in [5.41, 5.74) is 14.5. The summed E-state index contributed by atoms with van der Waals surface area (Å²) in [7, 11) is 4.92. The quantitative estimate of drug-likeness (QED) is 0.0170. The standard InChI is InChI=1S/C26H30N6O3.C25H26F2N6O3.C25H28N6O3.C24H25ClN6O3/c1-4-24(33)28-19-7-5-8-20(15-19)29-25-18(2)17-27-26(31-25)30-22-10-9-21(16-23(22)34-3)32-11-6-13-35-14-12-32;1-3-22(34)29-17-5-4-6-18(13-17)30-23-16(2)15-28-25(32-23)31-20-8-7-19(14-21(20)36-24(26)27)33-9-11-35-12-10-33;1-4-23(32)27-18-6-5-7-19(14-18)28-24-17(2)16-26-25(30-24)29-21-9-8-20(15-22(21)33-3)31-10-12-34-13-11-31;1-3-22(32)27-16-5-4-6-17(13-16)28-23-19(25)15-26-24(30-23)29-20-8-7-18(14-21(20)33-2)31-9-11-34-12-10-31/h4-5,7-10,15-17H,1,6,11-14H2,2-3H3,(H,28,33)(H2,27,29,30,31);3-8,13-15,24H,1,9-12H2,2H3,(H,29,34)(H2,28,30,31,32);4-9,14-16H,1,10-13H2,2-3H3,(H,27,32)(H2,26,28,29,30);3-8,13-15H,1,9-12H2,2H3,(H,27,32)(H2,26,28,29,30). The van der Waals surface area contributed by atoms with Gasteiger partial charge in [0.05, 0.1) is 96.5 Å². The number of rotatable bonds is 33. The van der Waals surface area contributed by atoms with E-state index in [9.17, 15) is 28.0 Å². The highest BCUT2D eigenvalue weighted by Gasteiger charge is 2.23. The third-order valence-corrected chi connectivity index (χ3v) is 21.7. The first-order chi connectivity index (χ1) is 67.6. The summed E-state index contributed by atoms with van der Waals surface area (Å²) >= 11 is 6.32. The largest absolute Gasteiger partial charge is 0.494 e. The molecule has 4 amide bonds. The van der Waals surface area contributed by atoms with Crippen LogP contribution < -0.4 is 102 Å². The molecule has 4 aliphatic heterocycles. The van der Waals surface area contributed by atoms with Gasteiger partial charge in [-0.05, 0) is 173 Å². The second-order valence-corrected chi connectivity index (χ2v) is 31.5. The first-order valence-electron chi connectivity index (χ1n) is 44.3. The second-order valence-electron chi connectivity index (χ2n) is 31.1. The number of methoxy groups -OCH3 is 3. The zero-order valence-corrected chi connectivity index (χ0v) is 78.4. The average Bonchev–Trinajstić information content (AvgIpc) is 1.25.